The van der Waals surface area contributed by atoms with E-state index in [0.717, 1.165) is 23.4 Å². The van der Waals surface area contributed by atoms with Gasteiger partial charge in [0.05, 0.1) is 5.69 Å². The maximum absolute atomic E-state index is 12.1. The summed E-state index contributed by atoms with van der Waals surface area (Å²) < 4.78 is 1.77. The molecule has 2 amide bonds. The van der Waals surface area contributed by atoms with Crippen LogP contribution in [-0.2, 0) is 18.4 Å². The number of carbonyl (C=O) groups excluding carboxylic acids is 1. The van der Waals surface area contributed by atoms with Crippen LogP contribution in [0.25, 0.3) is 0 Å². The number of nitrogens with zero attached hydrogens (tertiary/aromatic N) is 3. The first-order valence-electron chi connectivity index (χ1n) is 6.68. The molecule has 1 atom stereocenters. The van der Waals surface area contributed by atoms with Crippen molar-refractivity contribution < 1.29 is 14.7 Å². The van der Waals surface area contributed by atoms with Crippen LogP contribution >= 0.6 is 0 Å². The van der Waals surface area contributed by atoms with Crippen molar-refractivity contribution in [1.29, 1.82) is 0 Å². The Kier molecular flexibility index (Phi) is 3.96. The average molecular weight is 280 g/mol. The number of amides is 2. The van der Waals surface area contributed by atoms with Gasteiger partial charge in [-0.2, -0.15) is 5.10 Å². The van der Waals surface area contributed by atoms with Crippen LogP contribution in [0.4, 0.5) is 4.79 Å². The van der Waals surface area contributed by atoms with E-state index < -0.39 is 12.0 Å². The third-order valence-corrected chi connectivity index (χ3v) is 3.87. The number of urea groups is 1. The predicted molar refractivity (Wildman–Crippen MR) is 72.3 cm³/mol. The number of rotatable bonds is 3. The summed E-state index contributed by atoms with van der Waals surface area (Å²) in [7, 11) is 1.86. The van der Waals surface area contributed by atoms with Crippen molar-refractivity contribution in [2.45, 2.75) is 39.3 Å². The largest absolute Gasteiger partial charge is 0.480 e. The second-order valence-electron chi connectivity index (χ2n) is 5.12. The fraction of sp³-hybridized carbons (Fsp3) is 0.615. The first-order valence-corrected chi connectivity index (χ1v) is 6.68. The Balaban J connectivity index is 2.00. The molecule has 0 saturated carbocycles. The molecule has 2 heterocycles. The van der Waals surface area contributed by atoms with E-state index in [1.165, 1.54) is 4.90 Å². The molecule has 1 aliphatic rings. The molecule has 0 aliphatic carbocycles. The monoisotopic (exact) mass is 280 g/mol. The van der Waals surface area contributed by atoms with Crippen LogP contribution < -0.4 is 5.32 Å². The van der Waals surface area contributed by atoms with E-state index in [4.69, 9.17) is 5.11 Å². The summed E-state index contributed by atoms with van der Waals surface area (Å²) in [6.45, 7) is 4.70. The van der Waals surface area contributed by atoms with Gasteiger partial charge < -0.3 is 15.3 Å². The van der Waals surface area contributed by atoms with Crippen LogP contribution in [0, 0.1) is 13.8 Å². The lowest BCUT2D eigenvalue weighted by Crippen LogP contribution is -2.45. The zero-order valence-electron chi connectivity index (χ0n) is 12.0. The molecule has 1 aromatic heterocycles. The number of carboxylic acids is 1. The molecule has 1 aromatic rings. The van der Waals surface area contributed by atoms with Crippen LogP contribution in [0.15, 0.2) is 0 Å². The third-order valence-electron chi connectivity index (χ3n) is 3.87. The van der Waals surface area contributed by atoms with Gasteiger partial charge >= 0.3 is 12.0 Å². The maximum atomic E-state index is 12.1. The first-order chi connectivity index (χ1) is 9.41. The summed E-state index contributed by atoms with van der Waals surface area (Å²) >= 11 is 0. The van der Waals surface area contributed by atoms with E-state index in [1.54, 1.807) is 4.68 Å². The Hall–Kier alpha value is -2.05. The summed E-state index contributed by atoms with van der Waals surface area (Å²) in [6.07, 6.45) is 1.25. The highest BCUT2D eigenvalue weighted by molar-refractivity contribution is 5.83. The molecular weight excluding hydrogens is 260 g/mol. The van der Waals surface area contributed by atoms with Gasteiger partial charge in [-0.25, -0.2) is 9.59 Å². The Morgan fingerprint density at radius 3 is 2.70 bits per heavy atom. The lowest BCUT2D eigenvalue weighted by molar-refractivity contribution is -0.141. The topological polar surface area (TPSA) is 87.5 Å². The number of hydrogen-bond donors (Lipinski definition) is 2. The van der Waals surface area contributed by atoms with E-state index in [9.17, 15) is 9.59 Å². The van der Waals surface area contributed by atoms with E-state index in [1.807, 2.05) is 20.9 Å². The van der Waals surface area contributed by atoms with Crippen molar-refractivity contribution in [2.24, 2.45) is 7.05 Å². The average Bonchev–Trinajstić information content (AvgIpc) is 2.95. The summed E-state index contributed by atoms with van der Waals surface area (Å²) in [5, 5.41) is 16.2. The van der Waals surface area contributed by atoms with Crippen LogP contribution in [-0.4, -0.2) is 44.4 Å². The van der Waals surface area contributed by atoms with Gasteiger partial charge in [0.1, 0.15) is 6.04 Å². The van der Waals surface area contributed by atoms with Gasteiger partial charge in [0.15, 0.2) is 0 Å². The van der Waals surface area contributed by atoms with Crippen LogP contribution in [0.3, 0.4) is 0 Å². The summed E-state index contributed by atoms with van der Waals surface area (Å²) in [5.74, 6) is -0.939. The fourth-order valence-electron chi connectivity index (χ4n) is 2.61. The van der Waals surface area contributed by atoms with Gasteiger partial charge in [0.2, 0.25) is 0 Å². The highest BCUT2D eigenvalue weighted by Gasteiger charge is 2.33. The Bertz CT molecular complexity index is 538. The van der Waals surface area contributed by atoms with Crippen molar-refractivity contribution in [2.75, 3.05) is 6.54 Å². The Morgan fingerprint density at radius 2 is 2.15 bits per heavy atom. The lowest BCUT2D eigenvalue weighted by atomic mass is 10.2. The number of carbonyl (C=O) groups is 2. The molecule has 1 fully saturated rings. The number of hydrogen-bond acceptors (Lipinski definition) is 3. The van der Waals surface area contributed by atoms with Crippen molar-refractivity contribution >= 4 is 12.0 Å². The zero-order valence-corrected chi connectivity index (χ0v) is 12.0. The van der Waals surface area contributed by atoms with E-state index >= 15 is 0 Å². The number of likely N-dealkylation sites (tertiary alicyclic amines) is 1. The number of aromatic nitrogens is 2. The summed E-state index contributed by atoms with van der Waals surface area (Å²) in [6, 6.07) is -1.02. The number of aryl methyl sites for hydroxylation is 2. The minimum absolute atomic E-state index is 0.322. The molecule has 0 aromatic carbocycles. The first kappa shape index (κ1) is 14.4. The normalized spacial score (nSPS) is 18.4. The lowest BCUT2D eigenvalue weighted by Gasteiger charge is -2.21. The molecule has 20 heavy (non-hydrogen) atoms. The van der Waals surface area contributed by atoms with Gasteiger partial charge in [-0.3, -0.25) is 4.68 Å². The van der Waals surface area contributed by atoms with E-state index in [0.29, 0.717) is 19.5 Å². The van der Waals surface area contributed by atoms with E-state index in [2.05, 4.69) is 10.4 Å². The Labute approximate surface area is 117 Å². The van der Waals surface area contributed by atoms with Crippen LogP contribution in [0.5, 0.6) is 0 Å². The molecule has 0 radical (unpaired) electrons. The van der Waals surface area contributed by atoms with Crippen molar-refractivity contribution in [1.82, 2.24) is 20.0 Å². The quantitative estimate of drug-likeness (QED) is 0.857. The molecule has 2 rings (SSSR count). The standard InChI is InChI=1S/C13H20N4O3/c1-8-10(9(2)16(3)15-8)7-14-13(20)17-6-4-5-11(17)12(18)19/h11H,4-7H2,1-3H3,(H,14,20)(H,18,19). The minimum atomic E-state index is -0.939. The number of carboxylic acid groups (broad SMARTS) is 1. The van der Waals surface area contributed by atoms with Crippen LogP contribution in [0.1, 0.15) is 29.8 Å². The minimum Gasteiger partial charge on any atom is -0.480 e. The number of aliphatic carboxylic acids is 1. The fourth-order valence-corrected chi connectivity index (χ4v) is 2.61. The summed E-state index contributed by atoms with van der Waals surface area (Å²) in [4.78, 5) is 24.5. The molecule has 7 heteroatoms. The predicted octanol–water partition coefficient (Wildman–Crippen LogP) is 0.796. The smallest absolute Gasteiger partial charge is 0.326 e. The molecule has 2 N–H and O–H groups in total. The van der Waals surface area contributed by atoms with Gasteiger partial charge in [0, 0.05) is 31.4 Å². The highest BCUT2D eigenvalue weighted by atomic mass is 16.4. The molecule has 1 unspecified atom stereocenters. The molecule has 0 bridgehead atoms. The van der Waals surface area contributed by atoms with Crippen LogP contribution in [0.2, 0.25) is 0 Å². The molecular formula is C13H20N4O3. The molecule has 0 spiro atoms. The highest BCUT2D eigenvalue weighted by Crippen LogP contribution is 2.18. The van der Waals surface area contributed by atoms with Gasteiger partial charge in [-0.15, -0.1) is 0 Å². The number of nitrogens with one attached hydrogen (secondary N) is 1. The second kappa shape index (κ2) is 5.52. The van der Waals surface area contributed by atoms with Crippen molar-refractivity contribution in [3.05, 3.63) is 17.0 Å². The molecule has 7 nitrogen and oxygen atoms in total. The van der Waals surface area contributed by atoms with E-state index in [-0.39, 0.29) is 6.03 Å². The molecule has 1 saturated heterocycles. The van der Waals surface area contributed by atoms with Crippen molar-refractivity contribution in [3.8, 4) is 0 Å². The Morgan fingerprint density at radius 1 is 1.45 bits per heavy atom. The van der Waals surface area contributed by atoms with Gasteiger partial charge in [0.25, 0.3) is 0 Å². The second-order valence-corrected chi connectivity index (χ2v) is 5.12. The summed E-state index contributed by atoms with van der Waals surface area (Å²) in [5.41, 5.74) is 2.85. The SMILES string of the molecule is Cc1nn(C)c(C)c1CNC(=O)N1CCCC1C(=O)O. The molecule has 110 valence electrons. The third kappa shape index (κ3) is 2.61. The molecule has 1 aliphatic heterocycles. The van der Waals surface area contributed by atoms with Gasteiger partial charge in [-0.1, -0.05) is 0 Å². The van der Waals surface area contributed by atoms with Crippen molar-refractivity contribution in [3.63, 3.8) is 0 Å². The zero-order chi connectivity index (χ0) is 14.9. The van der Waals surface area contributed by atoms with Gasteiger partial charge in [-0.05, 0) is 26.7 Å². The maximum Gasteiger partial charge on any atom is 0.326 e.